The van der Waals surface area contributed by atoms with Gasteiger partial charge in [0.1, 0.15) is 5.58 Å². The van der Waals surface area contributed by atoms with Gasteiger partial charge in [-0.15, -0.1) is 0 Å². The molecule has 0 radical (unpaired) electrons. The van der Waals surface area contributed by atoms with E-state index in [0.717, 1.165) is 32.2 Å². The second kappa shape index (κ2) is 5.61. The highest BCUT2D eigenvalue weighted by Gasteiger charge is 2.19. The molecule has 112 valence electrons. The Morgan fingerprint density at radius 3 is 2.45 bits per heavy atom. The molecule has 0 aliphatic carbocycles. The summed E-state index contributed by atoms with van der Waals surface area (Å²) in [4.78, 5) is 12.6. The molecule has 0 fully saturated rings. The number of para-hydroxylation sites is 1. The number of hydrogen-bond donors (Lipinski definition) is 1. The van der Waals surface area contributed by atoms with Crippen LogP contribution in [0.4, 0.5) is 5.69 Å². The Kier molecular flexibility index (Phi) is 3.79. The van der Waals surface area contributed by atoms with E-state index in [2.05, 4.69) is 21.2 Å². The third kappa shape index (κ3) is 2.55. The molecular weight excluding hydrogens is 342 g/mol. The number of aryl methyl sites for hydroxylation is 3. The van der Waals surface area contributed by atoms with Crippen molar-refractivity contribution in [3.63, 3.8) is 0 Å². The Labute approximate surface area is 137 Å². The van der Waals surface area contributed by atoms with Crippen LogP contribution in [0.1, 0.15) is 27.2 Å². The third-order valence-electron chi connectivity index (χ3n) is 3.82. The Balaban J connectivity index is 2.01. The van der Waals surface area contributed by atoms with E-state index in [1.54, 1.807) is 0 Å². The number of rotatable bonds is 2. The van der Waals surface area contributed by atoms with Gasteiger partial charge in [-0.2, -0.15) is 0 Å². The summed E-state index contributed by atoms with van der Waals surface area (Å²) in [6.45, 7) is 5.86. The predicted molar refractivity (Wildman–Crippen MR) is 92.5 cm³/mol. The zero-order chi connectivity index (χ0) is 15.9. The number of anilines is 1. The second-order valence-corrected chi connectivity index (χ2v) is 6.33. The molecule has 0 unspecified atom stereocenters. The maximum Gasteiger partial charge on any atom is 0.291 e. The first kappa shape index (κ1) is 14.9. The number of carbonyl (C=O) groups excluding carboxylic acids is 1. The summed E-state index contributed by atoms with van der Waals surface area (Å²) in [6.07, 6.45) is 0. The summed E-state index contributed by atoms with van der Waals surface area (Å²) in [5.74, 6) is 0.137. The monoisotopic (exact) mass is 357 g/mol. The molecule has 1 heterocycles. The van der Waals surface area contributed by atoms with Crippen LogP contribution in [0.3, 0.4) is 0 Å². The minimum Gasteiger partial charge on any atom is -0.451 e. The van der Waals surface area contributed by atoms with E-state index in [0.29, 0.717) is 11.3 Å². The lowest BCUT2D eigenvalue weighted by Crippen LogP contribution is -2.14. The van der Waals surface area contributed by atoms with Gasteiger partial charge in [-0.25, -0.2) is 0 Å². The minimum atomic E-state index is -0.220. The van der Waals surface area contributed by atoms with Crippen molar-refractivity contribution >= 4 is 38.5 Å². The zero-order valence-corrected chi connectivity index (χ0v) is 14.2. The summed E-state index contributed by atoms with van der Waals surface area (Å²) < 4.78 is 6.70. The lowest BCUT2D eigenvalue weighted by atomic mass is 10.1. The van der Waals surface area contributed by atoms with Gasteiger partial charge in [0.15, 0.2) is 5.76 Å². The second-order valence-electron chi connectivity index (χ2n) is 5.42. The number of furan rings is 1. The number of benzene rings is 2. The molecule has 2 aromatic carbocycles. The standard InChI is InChI=1S/C18H16BrNO2/c1-10-5-4-6-11(2)16(10)20-18(21)17-12(3)14-9-13(19)7-8-15(14)22-17/h4-9H,1-3H3,(H,20,21). The molecule has 0 atom stereocenters. The topological polar surface area (TPSA) is 42.2 Å². The first-order valence-electron chi connectivity index (χ1n) is 7.03. The van der Waals surface area contributed by atoms with Gasteiger partial charge in [-0.05, 0) is 50.1 Å². The molecular formula is C18H16BrNO2. The summed E-state index contributed by atoms with van der Waals surface area (Å²) >= 11 is 3.44. The lowest BCUT2D eigenvalue weighted by Gasteiger charge is -2.10. The van der Waals surface area contributed by atoms with Crippen LogP contribution in [0.2, 0.25) is 0 Å². The van der Waals surface area contributed by atoms with Crippen LogP contribution in [0.15, 0.2) is 45.3 Å². The Morgan fingerprint density at radius 2 is 1.77 bits per heavy atom. The van der Waals surface area contributed by atoms with E-state index in [4.69, 9.17) is 4.42 Å². The van der Waals surface area contributed by atoms with E-state index in [1.807, 2.05) is 57.2 Å². The van der Waals surface area contributed by atoms with Crippen LogP contribution in [-0.2, 0) is 0 Å². The van der Waals surface area contributed by atoms with Crippen LogP contribution in [0.25, 0.3) is 11.0 Å². The third-order valence-corrected chi connectivity index (χ3v) is 4.32. The number of amides is 1. The van der Waals surface area contributed by atoms with Crippen LogP contribution in [0, 0.1) is 20.8 Å². The summed E-state index contributed by atoms with van der Waals surface area (Å²) in [5, 5.41) is 3.91. The van der Waals surface area contributed by atoms with Crippen LogP contribution in [-0.4, -0.2) is 5.91 Å². The van der Waals surface area contributed by atoms with Crippen molar-refractivity contribution in [2.75, 3.05) is 5.32 Å². The van der Waals surface area contributed by atoms with E-state index < -0.39 is 0 Å². The van der Waals surface area contributed by atoms with Gasteiger partial charge in [0.05, 0.1) is 0 Å². The van der Waals surface area contributed by atoms with Gasteiger partial charge in [0.25, 0.3) is 5.91 Å². The molecule has 1 aromatic heterocycles. The van der Waals surface area contributed by atoms with Crippen LogP contribution in [0.5, 0.6) is 0 Å². The van der Waals surface area contributed by atoms with E-state index >= 15 is 0 Å². The molecule has 0 aliphatic rings. The first-order valence-corrected chi connectivity index (χ1v) is 7.83. The molecule has 1 amide bonds. The molecule has 4 heteroatoms. The van der Waals surface area contributed by atoms with Gasteiger partial charge >= 0.3 is 0 Å². The Morgan fingerprint density at radius 1 is 1.09 bits per heavy atom. The number of halogens is 1. The Bertz CT molecular complexity index is 860. The van der Waals surface area contributed by atoms with Crippen molar-refractivity contribution in [1.29, 1.82) is 0 Å². The fraction of sp³-hybridized carbons (Fsp3) is 0.167. The average molecular weight is 358 g/mol. The van der Waals surface area contributed by atoms with E-state index in [-0.39, 0.29) is 5.91 Å². The van der Waals surface area contributed by atoms with E-state index in [9.17, 15) is 4.79 Å². The molecule has 0 spiro atoms. The lowest BCUT2D eigenvalue weighted by molar-refractivity contribution is 0.0997. The van der Waals surface area contributed by atoms with Gasteiger partial charge in [0, 0.05) is 21.1 Å². The maximum atomic E-state index is 12.6. The molecule has 1 N–H and O–H groups in total. The van der Waals surface area contributed by atoms with Crippen LogP contribution < -0.4 is 5.32 Å². The quantitative estimate of drug-likeness (QED) is 0.669. The molecule has 3 aromatic rings. The highest BCUT2D eigenvalue weighted by atomic mass is 79.9. The molecule has 0 saturated heterocycles. The van der Waals surface area contributed by atoms with E-state index in [1.165, 1.54) is 0 Å². The normalized spacial score (nSPS) is 10.9. The van der Waals surface area contributed by atoms with Crippen molar-refractivity contribution in [2.45, 2.75) is 20.8 Å². The maximum absolute atomic E-state index is 12.6. The minimum absolute atomic E-state index is 0.220. The molecule has 0 saturated carbocycles. The Hall–Kier alpha value is -2.07. The summed E-state index contributed by atoms with van der Waals surface area (Å²) in [6, 6.07) is 11.7. The van der Waals surface area contributed by atoms with Gasteiger partial charge < -0.3 is 9.73 Å². The van der Waals surface area contributed by atoms with Crippen LogP contribution >= 0.6 is 15.9 Å². The van der Waals surface area contributed by atoms with Gasteiger partial charge in [0.2, 0.25) is 0 Å². The largest absolute Gasteiger partial charge is 0.451 e. The number of carbonyl (C=O) groups is 1. The fourth-order valence-corrected chi connectivity index (χ4v) is 2.95. The van der Waals surface area contributed by atoms with Crippen molar-refractivity contribution in [1.82, 2.24) is 0 Å². The first-order chi connectivity index (χ1) is 10.5. The van der Waals surface area contributed by atoms with Gasteiger partial charge in [-0.1, -0.05) is 34.1 Å². The van der Waals surface area contributed by atoms with Crippen molar-refractivity contribution in [2.24, 2.45) is 0 Å². The molecule has 3 nitrogen and oxygen atoms in total. The summed E-state index contributed by atoms with van der Waals surface area (Å²) in [7, 11) is 0. The average Bonchev–Trinajstić information content (AvgIpc) is 2.80. The molecule has 22 heavy (non-hydrogen) atoms. The number of nitrogens with one attached hydrogen (secondary N) is 1. The van der Waals surface area contributed by atoms with Crippen molar-refractivity contribution < 1.29 is 9.21 Å². The molecule has 0 aliphatic heterocycles. The predicted octanol–water partition coefficient (Wildman–Crippen LogP) is 5.37. The number of hydrogen-bond acceptors (Lipinski definition) is 2. The zero-order valence-electron chi connectivity index (χ0n) is 12.7. The SMILES string of the molecule is Cc1cccc(C)c1NC(=O)c1oc2ccc(Br)cc2c1C. The van der Waals surface area contributed by atoms with Crippen molar-refractivity contribution in [3.05, 3.63) is 63.3 Å². The van der Waals surface area contributed by atoms with Gasteiger partial charge in [-0.3, -0.25) is 4.79 Å². The summed E-state index contributed by atoms with van der Waals surface area (Å²) in [5.41, 5.74) is 4.47. The smallest absolute Gasteiger partial charge is 0.291 e. The number of fused-ring (bicyclic) bond motifs is 1. The highest BCUT2D eigenvalue weighted by molar-refractivity contribution is 9.10. The van der Waals surface area contributed by atoms with Crippen molar-refractivity contribution in [3.8, 4) is 0 Å². The molecule has 3 rings (SSSR count). The highest BCUT2D eigenvalue weighted by Crippen LogP contribution is 2.29. The fourth-order valence-electron chi connectivity index (χ4n) is 2.59. The molecule has 0 bridgehead atoms.